The number of aliphatic imine (C=N–C) groups is 1. The molecular formula is C18H23Cl2N3OS. The molecule has 4 nitrogen and oxygen atoms in total. The Morgan fingerprint density at radius 2 is 1.80 bits per heavy atom. The highest BCUT2D eigenvalue weighted by molar-refractivity contribution is 8.14. The minimum absolute atomic E-state index is 0.0523. The molecular weight excluding hydrogens is 377 g/mol. The first kappa shape index (κ1) is 18.9. The van der Waals surface area contributed by atoms with Crippen LogP contribution in [-0.2, 0) is 0 Å². The van der Waals surface area contributed by atoms with Crippen LogP contribution in [0.4, 0.5) is 0 Å². The van der Waals surface area contributed by atoms with Gasteiger partial charge >= 0.3 is 0 Å². The van der Waals surface area contributed by atoms with E-state index in [4.69, 9.17) is 33.9 Å². The highest BCUT2D eigenvalue weighted by atomic mass is 35.5. The van der Waals surface area contributed by atoms with E-state index in [1.54, 1.807) is 23.9 Å². The lowest BCUT2D eigenvalue weighted by Gasteiger charge is -2.24. The predicted octanol–water partition coefficient (Wildman–Crippen LogP) is 4.89. The Balaban J connectivity index is 1.82. The summed E-state index contributed by atoms with van der Waals surface area (Å²) in [6.45, 7) is 0. The van der Waals surface area contributed by atoms with E-state index in [1.165, 1.54) is 38.5 Å². The average molecular weight is 400 g/mol. The Morgan fingerprint density at radius 1 is 1.20 bits per heavy atom. The monoisotopic (exact) mass is 399 g/mol. The van der Waals surface area contributed by atoms with Crippen molar-refractivity contribution in [3.63, 3.8) is 0 Å². The van der Waals surface area contributed by atoms with Crippen LogP contribution in [0, 0.1) is 0 Å². The molecule has 1 aliphatic carbocycles. The molecule has 1 saturated heterocycles. The number of hydrogen-bond donors (Lipinski definition) is 1. The zero-order chi connectivity index (χ0) is 18.0. The normalized spacial score (nSPS) is 23.9. The van der Waals surface area contributed by atoms with Gasteiger partial charge in [0.05, 0.1) is 12.1 Å². The van der Waals surface area contributed by atoms with E-state index in [9.17, 15) is 4.79 Å². The molecule has 2 fully saturated rings. The van der Waals surface area contributed by atoms with Gasteiger partial charge in [0.25, 0.3) is 0 Å². The third-order valence-electron chi connectivity index (χ3n) is 4.95. The van der Waals surface area contributed by atoms with Gasteiger partial charge in [0, 0.05) is 34.0 Å². The van der Waals surface area contributed by atoms with Crippen LogP contribution in [0.1, 0.15) is 60.5 Å². The molecule has 1 aromatic rings. The SMILES string of the molecule is CN1C(=NC2CCCCCC2)SCC1c1c(Cl)cc(C(N)=O)cc1Cl. The van der Waals surface area contributed by atoms with Crippen molar-refractivity contribution in [1.29, 1.82) is 0 Å². The number of thioether (sulfide) groups is 1. The van der Waals surface area contributed by atoms with E-state index >= 15 is 0 Å². The minimum Gasteiger partial charge on any atom is -0.366 e. The third-order valence-corrected chi connectivity index (χ3v) is 6.71. The van der Waals surface area contributed by atoms with E-state index in [0.717, 1.165) is 16.5 Å². The van der Waals surface area contributed by atoms with Crippen molar-refractivity contribution < 1.29 is 4.79 Å². The van der Waals surface area contributed by atoms with Crippen molar-refractivity contribution in [1.82, 2.24) is 4.90 Å². The number of rotatable bonds is 3. The molecule has 1 heterocycles. The molecule has 0 radical (unpaired) electrons. The Kier molecular flexibility index (Phi) is 6.18. The first-order valence-corrected chi connectivity index (χ1v) is 10.4. The zero-order valence-corrected chi connectivity index (χ0v) is 16.6. The lowest BCUT2D eigenvalue weighted by Crippen LogP contribution is -2.25. The molecule has 2 aliphatic rings. The standard InChI is InChI=1S/C18H23Cl2N3OS/c1-23-15(16-13(19)8-11(17(21)24)9-14(16)20)10-25-18(23)22-12-6-4-2-3-5-7-12/h8-9,12,15H,2-7,10H2,1H3,(H2,21,24). The number of primary amides is 1. The van der Waals surface area contributed by atoms with Crippen molar-refractivity contribution >= 4 is 46.0 Å². The van der Waals surface area contributed by atoms with Gasteiger partial charge in [0.15, 0.2) is 5.17 Å². The van der Waals surface area contributed by atoms with Crippen molar-refractivity contribution in [2.75, 3.05) is 12.8 Å². The summed E-state index contributed by atoms with van der Waals surface area (Å²) in [7, 11) is 2.04. The van der Waals surface area contributed by atoms with E-state index < -0.39 is 5.91 Å². The topological polar surface area (TPSA) is 58.7 Å². The van der Waals surface area contributed by atoms with Crippen LogP contribution >= 0.6 is 35.0 Å². The predicted molar refractivity (Wildman–Crippen MR) is 107 cm³/mol. The maximum atomic E-state index is 11.4. The fourth-order valence-electron chi connectivity index (χ4n) is 3.49. The highest BCUT2D eigenvalue weighted by Gasteiger charge is 2.32. The fraction of sp³-hybridized carbons (Fsp3) is 0.556. The first-order valence-electron chi connectivity index (χ1n) is 8.69. The van der Waals surface area contributed by atoms with Gasteiger partial charge in [-0.05, 0) is 25.0 Å². The zero-order valence-electron chi connectivity index (χ0n) is 14.3. The van der Waals surface area contributed by atoms with Crippen LogP contribution in [0.2, 0.25) is 10.0 Å². The summed E-state index contributed by atoms with van der Waals surface area (Å²) in [5.41, 5.74) is 6.51. The molecule has 1 unspecified atom stereocenters. The minimum atomic E-state index is -0.528. The van der Waals surface area contributed by atoms with Gasteiger partial charge in [-0.15, -0.1) is 0 Å². The second-order valence-electron chi connectivity index (χ2n) is 6.71. The van der Waals surface area contributed by atoms with Gasteiger partial charge in [-0.1, -0.05) is 60.6 Å². The maximum absolute atomic E-state index is 11.4. The molecule has 1 amide bonds. The molecule has 1 saturated carbocycles. The smallest absolute Gasteiger partial charge is 0.248 e. The van der Waals surface area contributed by atoms with Gasteiger partial charge in [0.1, 0.15) is 0 Å². The Hall–Kier alpha value is -0.910. The molecule has 0 aromatic heterocycles. The molecule has 0 spiro atoms. The quantitative estimate of drug-likeness (QED) is 0.735. The van der Waals surface area contributed by atoms with Crippen molar-refractivity contribution in [2.45, 2.75) is 50.6 Å². The molecule has 1 aliphatic heterocycles. The van der Waals surface area contributed by atoms with Gasteiger partial charge in [-0.25, -0.2) is 0 Å². The average Bonchev–Trinajstić information content (AvgIpc) is 2.76. The molecule has 1 atom stereocenters. The molecule has 2 N–H and O–H groups in total. The van der Waals surface area contributed by atoms with Crippen LogP contribution < -0.4 is 5.73 Å². The molecule has 136 valence electrons. The van der Waals surface area contributed by atoms with E-state index in [0.29, 0.717) is 21.7 Å². The summed E-state index contributed by atoms with van der Waals surface area (Å²) in [5.74, 6) is 0.317. The fourth-order valence-corrected chi connectivity index (χ4v) is 5.48. The Morgan fingerprint density at radius 3 is 2.36 bits per heavy atom. The number of carbonyl (C=O) groups is 1. The van der Waals surface area contributed by atoms with E-state index in [2.05, 4.69) is 4.90 Å². The second-order valence-corrected chi connectivity index (χ2v) is 8.51. The lowest BCUT2D eigenvalue weighted by molar-refractivity contribution is 0.1000. The van der Waals surface area contributed by atoms with Crippen LogP contribution in [-0.4, -0.2) is 34.8 Å². The number of nitrogens with zero attached hydrogens (tertiary/aromatic N) is 2. The van der Waals surface area contributed by atoms with Crippen molar-refractivity contribution in [3.8, 4) is 0 Å². The van der Waals surface area contributed by atoms with Gasteiger partial charge in [-0.2, -0.15) is 0 Å². The second kappa shape index (κ2) is 8.19. The number of nitrogens with two attached hydrogens (primary N) is 1. The summed E-state index contributed by atoms with van der Waals surface area (Å²) in [6.07, 6.45) is 7.54. The number of halogens is 2. The summed E-state index contributed by atoms with van der Waals surface area (Å²) in [5, 5.41) is 2.02. The van der Waals surface area contributed by atoms with Gasteiger partial charge in [-0.3, -0.25) is 9.79 Å². The molecule has 1 aromatic carbocycles. The van der Waals surface area contributed by atoms with Crippen LogP contribution in [0.15, 0.2) is 17.1 Å². The number of amidine groups is 1. The number of amides is 1. The number of hydrogen-bond acceptors (Lipinski definition) is 3. The van der Waals surface area contributed by atoms with Crippen LogP contribution in [0.3, 0.4) is 0 Å². The molecule has 7 heteroatoms. The Labute approximate surface area is 163 Å². The lowest BCUT2D eigenvalue weighted by atomic mass is 10.0. The van der Waals surface area contributed by atoms with Crippen LogP contribution in [0.25, 0.3) is 0 Å². The maximum Gasteiger partial charge on any atom is 0.248 e. The van der Waals surface area contributed by atoms with Gasteiger partial charge < -0.3 is 10.6 Å². The molecule has 0 bridgehead atoms. The van der Waals surface area contributed by atoms with Crippen molar-refractivity contribution in [3.05, 3.63) is 33.3 Å². The van der Waals surface area contributed by atoms with Gasteiger partial charge in [0.2, 0.25) is 5.91 Å². The van der Waals surface area contributed by atoms with E-state index in [1.807, 2.05) is 7.05 Å². The van der Waals surface area contributed by atoms with E-state index in [-0.39, 0.29) is 6.04 Å². The largest absolute Gasteiger partial charge is 0.366 e. The third kappa shape index (κ3) is 4.26. The summed E-state index contributed by atoms with van der Waals surface area (Å²) in [4.78, 5) is 18.5. The van der Waals surface area contributed by atoms with Crippen LogP contribution in [0.5, 0.6) is 0 Å². The Bertz CT molecular complexity index is 664. The number of benzene rings is 1. The highest BCUT2D eigenvalue weighted by Crippen LogP contribution is 2.41. The molecule has 3 rings (SSSR count). The first-order chi connectivity index (χ1) is 12.0. The van der Waals surface area contributed by atoms with Crippen molar-refractivity contribution in [2.24, 2.45) is 10.7 Å². The number of carbonyl (C=O) groups excluding carboxylic acids is 1. The molecule has 25 heavy (non-hydrogen) atoms. The summed E-state index contributed by atoms with van der Waals surface area (Å²) >= 11 is 14.6. The summed E-state index contributed by atoms with van der Waals surface area (Å²) < 4.78 is 0. The summed E-state index contributed by atoms with van der Waals surface area (Å²) in [6, 6.07) is 3.68.